The number of ketones is 2. The van der Waals surface area contributed by atoms with E-state index in [1.807, 2.05) is 0 Å². The van der Waals surface area contributed by atoms with Crippen molar-refractivity contribution < 1.29 is 19.8 Å². The first-order valence-electron chi connectivity index (χ1n) is 7.24. The van der Waals surface area contributed by atoms with E-state index in [0.717, 1.165) is 5.56 Å². The average Bonchev–Trinajstić information content (AvgIpc) is 2.56. The van der Waals surface area contributed by atoms with Crippen LogP contribution in [0.4, 0.5) is 0 Å². The summed E-state index contributed by atoms with van der Waals surface area (Å²) in [4.78, 5) is 23.6. The van der Waals surface area contributed by atoms with Gasteiger partial charge in [0.2, 0.25) is 0 Å². The fourth-order valence-electron chi connectivity index (χ4n) is 1.96. The van der Waals surface area contributed by atoms with Gasteiger partial charge in [-0.1, -0.05) is 41.4 Å². The molecule has 0 bridgehead atoms. The van der Waals surface area contributed by atoms with Crippen molar-refractivity contribution in [3.05, 3.63) is 69.7 Å². The molecule has 0 saturated carbocycles. The molecule has 0 saturated heterocycles. The lowest BCUT2D eigenvalue weighted by atomic mass is 10.1. The maximum atomic E-state index is 11.8. The van der Waals surface area contributed by atoms with Crippen molar-refractivity contribution in [1.82, 2.24) is 0 Å². The molecule has 2 rings (SSSR count). The highest BCUT2D eigenvalue weighted by Gasteiger charge is 2.07. The van der Waals surface area contributed by atoms with Gasteiger partial charge in [0.15, 0.2) is 11.6 Å². The lowest BCUT2D eigenvalue weighted by molar-refractivity contribution is -0.121. The first-order chi connectivity index (χ1) is 11.8. The van der Waals surface area contributed by atoms with Crippen molar-refractivity contribution >= 4 is 46.9 Å². The molecular weight excluding hydrogens is 363 g/mol. The molecule has 0 radical (unpaired) electrons. The molecule has 0 spiro atoms. The molecule has 0 amide bonds. The van der Waals surface area contributed by atoms with Crippen molar-refractivity contribution in [1.29, 1.82) is 0 Å². The highest BCUT2D eigenvalue weighted by molar-refractivity contribution is 6.35. The highest BCUT2D eigenvalue weighted by Crippen LogP contribution is 2.31. The highest BCUT2D eigenvalue weighted by atomic mass is 35.5. The lowest BCUT2D eigenvalue weighted by Gasteiger charge is -2.02. The van der Waals surface area contributed by atoms with Crippen LogP contribution >= 0.6 is 23.2 Å². The van der Waals surface area contributed by atoms with E-state index in [9.17, 15) is 19.8 Å². The molecule has 0 unspecified atom stereocenters. The van der Waals surface area contributed by atoms with Gasteiger partial charge in [-0.3, -0.25) is 9.59 Å². The summed E-state index contributed by atoms with van der Waals surface area (Å²) in [7, 11) is 0. The molecule has 128 valence electrons. The SMILES string of the molecule is O=C(/C=C/c1ccc(O)cc1)CC(=O)/C=C/c1cc(Cl)cc(Cl)c1O. The first-order valence-corrected chi connectivity index (χ1v) is 7.99. The number of benzene rings is 2. The fraction of sp³-hybridized carbons (Fsp3) is 0.0526. The van der Waals surface area contributed by atoms with Gasteiger partial charge in [-0.15, -0.1) is 0 Å². The van der Waals surface area contributed by atoms with Gasteiger partial charge in [-0.25, -0.2) is 0 Å². The molecule has 0 fully saturated rings. The van der Waals surface area contributed by atoms with Gasteiger partial charge in [-0.05, 0) is 48.1 Å². The molecule has 2 N–H and O–H groups in total. The topological polar surface area (TPSA) is 74.6 Å². The number of allylic oxidation sites excluding steroid dienone is 2. The minimum atomic E-state index is -0.421. The predicted molar refractivity (Wildman–Crippen MR) is 98.9 cm³/mol. The molecule has 2 aromatic carbocycles. The zero-order valence-corrected chi connectivity index (χ0v) is 14.5. The van der Waals surface area contributed by atoms with Crippen LogP contribution in [-0.2, 0) is 9.59 Å². The van der Waals surface area contributed by atoms with Gasteiger partial charge in [0, 0.05) is 10.6 Å². The Balaban J connectivity index is 1.97. The Morgan fingerprint density at radius 3 is 2.16 bits per heavy atom. The standard InChI is InChI=1S/C19H14Cl2O4/c20-14-9-13(19(25)18(21)10-14)4-8-17(24)11-16(23)7-3-12-1-5-15(22)6-2-12/h1-10,22,25H,11H2/b7-3+,8-4+. The van der Waals surface area contributed by atoms with Crippen LogP contribution in [0.5, 0.6) is 11.5 Å². The summed E-state index contributed by atoms with van der Waals surface area (Å²) in [6.07, 6.45) is 5.09. The van der Waals surface area contributed by atoms with Crippen molar-refractivity contribution in [2.24, 2.45) is 0 Å². The summed E-state index contributed by atoms with van der Waals surface area (Å²) in [5.41, 5.74) is 1.02. The Morgan fingerprint density at radius 1 is 0.920 bits per heavy atom. The maximum Gasteiger partial charge on any atom is 0.163 e. The summed E-state index contributed by atoms with van der Waals surface area (Å²) < 4.78 is 0. The van der Waals surface area contributed by atoms with E-state index in [4.69, 9.17) is 23.2 Å². The third-order valence-electron chi connectivity index (χ3n) is 3.21. The number of aromatic hydroxyl groups is 2. The summed E-state index contributed by atoms with van der Waals surface area (Å²) in [6.45, 7) is 0. The second-order valence-electron chi connectivity index (χ2n) is 5.19. The molecule has 6 heteroatoms. The van der Waals surface area contributed by atoms with Gasteiger partial charge >= 0.3 is 0 Å². The summed E-state index contributed by atoms with van der Waals surface area (Å²) in [5, 5.41) is 19.4. The normalized spacial score (nSPS) is 11.3. The maximum absolute atomic E-state index is 11.8. The molecule has 0 heterocycles. The zero-order valence-electron chi connectivity index (χ0n) is 12.9. The lowest BCUT2D eigenvalue weighted by Crippen LogP contribution is -2.01. The van der Waals surface area contributed by atoms with E-state index >= 15 is 0 Å². The van der Waals surface area contributed by atoms with Crippen LogP contribution in [0.1, 0.15) is 17.5 Å². The Morgan fingerprint density at radius 2 is 1.52 bits per heavy atom. The Hall–Kier alpha value is -2.56. The van der Waals surface area contributed by atoms with E-state index in [0.29, 0.717) is 5.02 Å². The number of carbonyl (C=O) groups excluding carboxylic acids is 2. The van der Waals surface area contributed by atoms with E-state index in [1.54, 1.807) is 18.2 Å². The molecular formula is C19H14Cl2O4. The van der Waals surface area contributed by atoms with Gasteiger partial charge in [-0.2, -0.15) is 0 Å². The van der Waals surface area contributed by atoms with Crippen LogP contribution in [0.2, 0.25) is 10.0 Å². The summed E-state index contributed by atoms with van der Waals surface area (Å²) in [5.74, 6) is -0.839. The second kappa shape index (κ2) is 8.51. The fourth-order valence-corrected chi connectivity index (χ4v) is 2.47. The van der Waals surface area contributed by atoms with Crippen LogP contribution in [0.15, 0.2) is 48.6 Å². The van der Waals surface area contributed by atoms with E-state index in [-0.39, 0.29) is 34.3 Å². The Labute approximate surface area is 154 Å². The van der Waals surface area contributed by atoms with Crippen LogP contribution in [0, 0.1) is 0 Å². The monoisotopic (exact) mass is 376 g/mol. The van der Waals surface area contributed by atoms with Crippen LogP contribution in [0.25, 0.3) is 12.2 Å². The minimum absolute atomic E-state index is 0.0764. The van der Waals surface area contributed by atoms with Crippen LogP contribution in [-0.4, -0.2) is 21.8 Å². The predicted octanol–water partition coefficient (Wildman–Crippen LogP) is 4.66. The number of halogens is 2. The summed E-state index contributed by atoms with van der Waals surface area (Å²) >= 11 is 11.6. The van der Waals surface area contributed by atoms with Crippen molar-refractivity contribution in [2.45, 2.75) is 6.42 Å². The van der Waals surface area contributed by atoms with Gasteiger partial charge in [0.05, 0.1) is 11.4 Å². The minimum Gasteiger partial charge on any atom is -0.508 e. The van der Waals surface area contributed by atoms with Gasteiger partial charge in [0.1, 0.15) is 11.5 Å². The zero-order chi connectivity index (χ0) is 18.4. The van der Waals surface area contributed by atoms with Crippen LogP contribution < -0.4 is 0 Å². The van der Waals surface area contributed by atoms with E-state index < -0.39 is 5.78 Å². The quantitative estimate of drug-likeness (QED) is 0.567. The number of phenolic OH excluding ortho intramolecular Hbond substituents is 2. The number of carbonyl (C=O) groups is 2. The largest absolute Gasteiger partial charge is 0.508 e. The van der Waals surface area contributed by atoms with Gasteiger partial charge < -0.3 is 10.2 Å². The third-order valence-corrected chi connectivity index (χ3v) is 3.72. The van der Waals surface area contributed by atoms with E-state index in [1.165, 1.54) is 42.5 Å². The smallest absolute Gasteiger partial charge is 0.163 e. The molecule has 0 aromatic heterocycles. The van der Waals surface area contributed by atoms with Crippen LogP contribution in [0.3, 0.4) is 0 Å². The molecule has 2 aromatic rings. The molecule has 25 heavy (non-hydrogen) atoms. The number of hydrogen-bond donors (Lipinski definition) is 2. The van der Waals surface area contributed by atoms with E-state index in [2.05, 4.69) is 0 Å². The average molecular weight is 377 g/mol. The number of hydrogen-bond acceptors (Lipinski definition) is 4. The molecule has 0 aliphatic rings. The van der Waals surface area contributed by atoms with Crippen molar-refractivity contribution in [2.75, 3.05) is 0 Å². The molecule has 0 aliphatic carbocycles. The number of rotatable bonds is 6. The summed E-state index contributed by atoms with van der Waals surface area (Å²) in [6, 6.07) is 9.13. The van der Waals surface area contributed by atoms with Gasteiger partial charge in [0.25, 0.3) is 0 Å². The van der Waals surface area contributed by atoms with Crippen molar-refractivity contribution in [3.63, 3.8) is 0 Å². The molecule has 0 atom stereocenters. The second-order valence-corrected chi connectivity index (χ2v) is 6.04. The Kier molecular flexibility index (Phi) is 6.39. The van der Waals surface area contributed by atoms with Crippen molar-refractivity contribution in [3.8, 4) is 11.5 Å². The number of phenols is 2. The first kappa shape index (κ1) is 18.8. The third kappa shape index (κ3) is 5.78. The molecule has 0 aliphatic heterocycles. The Bertz CT molecular complexity index is 852. The molecule has 4 nitrogen and oxygen atoms in total.